The van der Waals surface area contributed by atoms with Gasteiger partial charge in [-0.05, 0) is 10.8 Å². The first kappa shape index (κ1) is 14.0. The zero-order valence-electron chi connectivity index (χ0n) is 5.06. The van der Waals surface area contributed by atoms with Crippen LogP contribution in [0.4, 0.5) is 0 Å². The number of thiophene rings is 1. The molecule has 0 radical (unpaired) electrons. The third-order valence-electron chi connectivity index (χ3n) is 0.526. The van der Waals surface area contributed by atoms with Gasteiger partial charge in [0.15, 0.2) is 0 Å². The Labute approximate surface area is 111 Å². The van der Waals surface area contributed by atoms with Crippen LogP contribution in [-0.4, -0.2) is 68.7 Å². The molecule has 3 nitrogen and oxygen atoms in total. The van der Waals surface area contributed by atoms with E-state index in [0.717, 1.165) is 0 Å². The Morgan fingerprint density at radius 1 is 1.36 bits per heavy atom. The molecule has 1 rings (SSSR count). The van der Waals surface area contributed by atoms with Crippen LogP contribution in [0.25, 0.3) is 0 Å². The van der Waals surface area contributed by atoms with Crippen LogP contribution in [0, 0.1) is 0 Å². The Balaban J connectivity index is 0. The zero-order valence-corrected chi connectivity index (χ0v) is 5.88. The molecule has 0 aliphatic heterocycles. The Kier molecular flexibility index (Phi) is 13.4. The molecule has 0 atom stereocenters. The topological polar surface area (TPSA) is 54.4 Å². The summed E-state index contributed by atoms with van der Waals surface area (Å²) in [6.07, 6.45) is -0.167. The number of hydrogen-bond acceptors (Lipinski definition) is 3. The van der Waals surface area contributed by atoms with E-state index < -0.39 is 5.97 Å². The van der Waals surface area contributed by atoms with Gasteiger partial charge in [-0.2, -0.15) is 11.3 Å². The van der Waals surface area contributed by atoms with Crippen molar-refractivity contribution in [3.05, 3.63) is 22.9 Å². The van der Waals surface area contributed by atoms with Gasteiger partial charge in [0.05, 0.1) is 0 Å². The van der Waals surface area contributed by atoms with Gasteiger partial charge in [-0.25, -0.2) is 4.79 Å². The van der Waals surface area contributed by atoms with E-state index in [4.69, 9.17) is 14.7 Å². The summed E-state index contributed by atoms with van der Waals surface area (Å²) in [5.41, 5.74) is 0. The van der Waals surface area contributed by atoms with Crippen molar-refractivity contribution in [1.82, 2.24) is 0 Å². The van der Waals surface area contributed by atoms with Crippen molar-refractivity contribution in [2.24, 2.45) is 0 Å². The maximum Gasteiger partial charge on any atom is -0.00934 e. The molecule has 0 aliphatic carbocycles. The number of carbonyl (C=O) groups is 2. The van der Waals surface area contributed by atoms with Gasteiger partial charge in [0.1, 0.15) is 0 Å². The summed E-state index contributed by atoms with van der Waals surface area (Å²) in [7, 11) is 0. The van der Waals surface area contributed by atoms with E-state index in [0.29, 0.717) is 0 Å². The van der Waals surface area contributed by atoms with Crippen LogP contribution in [-0.2, 0) is 9.59 Å². The Hall–Kier alpha value is 0.476. The molecule has 11 heavy (non-hydrogen) atoms. The van der Waals surface area contributed by atoms with Gasteiger partial charge in [0, 0.05) is 0 Å². The molecular weight excluding hydrogens is 191 g/mol. The molecule has 1 N–H and O–H groups in total. The first-order valence-electron chi connectivity index (χ1n) is 2.42. The van der Waals surface area contributed by atoms with Crippen LogP contribution < -0.4 is 0 Å². The molecule has 0 aromatic carbocycles. The van der Waals surface area contributed by atoms with E-state index in [2.05, 4.69) is 0 Å². The number of aldehydes is 1. The molecule has 0 saturated carbocycles. The predicted octanol–water partition coefficient (Wildman–Crippen LogP) is 0.369. The number of rotatable bonds is 1. The van der Waals surface area contributed by atoms with Crippen molar-refractivity contribution >= 4 is 75.0 Å². The number of carboxylic acid groups (broad SMARTS) is 1. The van der Waals surface area contributed by atoms with Gasteiger partial charge in [-0.3, -0.25) is 4.79 Å². The third kappa shape index (κ3) is 13.5. The summed E-state index contributed by atoms with van der Waals surface area (Å²) in [5, 5.41) is 11.4. The molecule has 1 heterocycles. The minimum Gasteiger partial charge on any atom is -0.152 e. The van der Waals surface area contributed by atoms with Gasteiger partial charge in [0.2, 0.25) is 6.29 Å². The number of hydrogen-bond donors (Lipinski definition) is 1. The molecule has 0 bridgehead atoms. The van der Waals surface area contributed by atoms with Gasteiger partial charge in [-0.15, -0.1) is 0 Å². The minimum absolute atomic E-state index is 0. The molecule has 1 aromatic heterocycles. The van der Waals surface area contributed by atoms with Crippen LogP contribution in [0.15, 0.2) is 22.9 Å². The van der Waals surface area contributed by atoms with Crippen LogP contribution in [0.5, 0.6) is 0 Å². The summed E-state index contributed by atoms with van der Waals surface area (Å²) >= 11 is 1.71. The fraction of sp³-hybridized carbons (Fsp3) is 0. The second-order valence-electron chi connectivity index (χ2n) is 1.25. The molecule has 0 amide bonds. The standard InChI is InChI=1S/C4H4S.C2H2O3.K.H/c1-2-4-5-3-1;3-1-2(4)5;;/h1-4H;1H,(H,4,5);;. The number of carbonyl (C=O) groups excluding carboxylic acids is 1. The Morgan fingerprint density at radius 2 is 1.73 bits per heavy atom. The van der Waals surface area contributed by atoms with E-state index in [-0.39, 0.29) is 57.7 Å². The van der Waals surface area contributed by atoms with E-state index in [9.17, 15) is 0 Å². The van der Waals surface area contributed by atoms with E-state index >= 15 is 0 Å². The monoisotopic (exact) mass is 198 g/mol. The number of aliphatic carboxylic acids is 1. The van der Waals surface area contributed by atoms with Crippen LogP contribution in [0.1, 0.15) is 0 Å². The van der Waals surface area contributed by atoms with Crippen molar-refractivity contribution in [1.29, 1.82) is 0 Å². The van der Waals surface area contributed by atoms with E-state index in [1.807, 2.05) is 22.9 Å². The van der Waals surface area contributed by atoms with Crippen molar-refractivity contribution in [3.8, 4) is 0 Å². The second kappa shape index (κ2) is 10.5. The average molecular weight is 198 g/mol. The fourth-order valence-corrected chi connectivity index (χ4v) is 0.680. The van der Waals surface area contributed by atoms with Gasteiger partial charge < -0.3 is 5.11 Å². The molecule has 0 saturated heterocycles. The van der Waals surface area contributed by atoms with Crippen molar-refractivity contribution in [2.45, 2.75) is 0 Å². The van der Waals surface area contributed by atoms with Crippen molar-refractivity contribution < 1.29 is 14.7 Å². The first-order valence-corrected chi connectivity index (χ1v) is 3.37. The van der Waals surface area contributed by atoms with Crippen molar-refractivity contribution in [2.75, 3.05) is 0 Å². The normalized spacial score (nSPS) is 6.55. The largest absolute Gasteiger partial charge is 0.152 e. The summed E-state index contributed by atoms with van der Waals surface area (Å²) in [5.74, 6) is -1.43. The third-order valence-corrected chi connectivity index (χ3v) is 1.15. The summed E-state index contributed by atoms with van der Waals surface area (Å²) in [6.45, 7) is 0. The quantitative estimate of drug-likeness (QED) is 0.403. The SMILES string of the molecule is O=CC(=O)O.[KH].c1ccsc1. The molecule has 5 heteroatoms. The van der Waals surface area contributed by atoms with Gasteiger partial charge in [-0.1, -0.05) is 12.1 Å². The number of carboxylic acids is 1. The molecule has 0 unspecified atom stereocenters. The molecule has 1 aromatic rings. The predicted molar refractivity (Wildman–Crippen MR) is 45.2 cm³/mol. The fourth-order valence-electron chi connectivity index (χ4n) is 0.227. The van der Waals surface area contributed by atoms with Crippen LogP contribution in [0.2, 0.25) is 0 Å². The van der Waals surface area contributed by atoms with Crippen LogP contribution >= 0.6 is 11.3 Å². The first-order chi connectivity index (χ1) is 4.77. The summed E-state index contributed by atoms with van der Waals surface area (Å²) in [6, 6.07) is 4.04. The molecule has 0 fully saturated rings. The molecular formula is C6H7KO3S. The zero-order chi connectivity index (χ0) is 7.82. The van der Waals surface area contributed by atoms with Gasteiger partial charge >= 0.3 is 57.4 Å². The van der Waals surface area contributed by atoms with E-state index in [1.54, 1.807) is 11.3 Å². The summed E-state index contributed by atoms with van der Waals surface area (Å²) < 4.78 is 0. The van der Waals surface area contributed by atoms with Crippen LogP contribution in [0.3, 0.4) is 0 Å². The second-order valence-corrected chi connectivity index (χ2v) is 2.07. The van der Waals surface area contributed by atoms with E-state index in [1.165, 1.54) is 0 Å². The van der Waals surface area contributed by atoms with Gasteiger partial charge in [0.25, 0.3) is 0 Å². The maximum absolute atomic E-state index is 9.00. The smallest absolute Gasteiger partial charge is 0.00934 e. The average Bonchev–Trinajstić information content (AvgIpc) is 2.43. The Bertz CT molecular complexity index is 168. The minimum atomic E-state index is -1.43. The maximum atomic E-state index is 9.00. The van der Waals surface area contributed by atoms with Crippen molar-refractivity contribution in [3.63, 3.8) is 0 Å². The summed E-state index contributed by atoms with van der Waals surface area (Å²) in [4.78, 5) is 17.9. The Morgan fingerprint density at radius 3 is 1.82 bits per heavy atom. The molecule has 0 spiro atoms. The molecule has 56 valence electrons. The molecule has 0 aliphatic rings.